The van der Waals surface area contributed by atoms with Gasteiger partial charge in [0.15, 0.2) is 0 Å². The van der Waals surface area contributed by atoms with Crippen LogP contribution in [0.5, 0.6) is 0 Å². The van der Waals surface area contributed by atoms with Crippen LogP contribution in [-0.2, 0) is 14.2 Å². The minimum Gasteiger partial charge on any atom is -0.381 e. The molecule has 0 saturated carbocycles. The third-order valence-corrected chi connectivity index (χ3v) is 4.25. The monoisotopic (exact) mass is 300 g/mol. The van der Waals surface area contributed by atoms with E-state index in [0.29, 0.717) is 16.2 Å². The molecule has 0 radical (unpaired) electrons. The van der Waals surface area contributed by atoms with Gasteiger partial charge in [-0.25, -0.2) is 0 Å². The van der Waals surface area contributed by atoms with Gasteiger partial charge in [-0.15, -0.1) is 0 Å². The van der Waals surface area contributed by atoms with E-state index in [9.17, 15) is 0 Å². The number of hydrogen-bond acceptors (Lipinski definition) is 3. The molecule has 0 spiro atoms. The molecule has 0 aromatic rings. The molecule has 3 aliphatic heterocycles. The zero-order valence-electron chi connectivity index (χ0n) is 15.1. The summed E-state index contributed by atoms with van der Waals surface area (Å²) in [5.41, 5.74) is 1.53. The molecule has 0 bridgehead atoms. The Hall–Kier alpha value is -0.120. The maximum atomic E-state index is 5.21. The highest BCUT2D eigenvalue weighted by Crippen LogP contribution is 2.28. The fourth-order valence-electron chi connectivity index (χ4n) is 2.20. The van der Waals surface area contributed by atoms with Crippen molar-refractivity contribution in [3.63, 3.8) is 0 Å². The molecule has 3 rings (SSSR count). The van der Waals surface area contributed by atoms with Gasteiger partial charge < -0.3 is 14.2 Å². The molecular formula is C18H36O3. The SMILES string of the molecule is CC1(C)CCOC1.CC1(C)CCOCC1.CC1(C)COC1. The van der Waals surface area contributed by atoms with Gasteiger partial charge in [0.05, 0.1) is 19.8 Å². The molecule has 0 aliphatic carbocycles. The van der Waals surface area contributed by atoms with Crippen LogP contribution in [0.1, 0.15) is 60.8 Å². The fourth-order valence-corrected chi connectivity index (χ4v) is 2.20. The summed E-state index contributed by atoms with van der Waals surface area (Å²) in [7, 11) is 0. The summed E-state index contributed by atoms with van der Waals surface area (Å²) in [6.45, 7) is 19.2. The van der Waals surface area contributed by atoms with Crippen LogP contribution in [0.3, 0.4) is 0 Å². The average molecular weight is 300 g/mol. The third kappa shape index (κ3) is 8.80. The predicted molar refractivity (Wildman–Crippen MR) is 87.7 cm³/mol. The first-order valence-electron chi connectivity index (χ1n) is 8.35. The van der Waals surface area contributed by atoms with Gasteiger partial charge in [-0.1, -0.05) is 41.5 Å². The van der Waals surface area contributed by atoms with Crippen LogP contribution in [0.4, 0.5) is 0 Å². The van der Waals surface area contributed by atoms with Gasteiger partial charge in [0, 0.05) is 25.2 Å². The van der Waals surface area contributed by atoms with E-state index in [-0.39, 0.29) is 0 Å². The van der Waals surface area contributed by atoms with Gasteiger partial charge in [0.1, 0.15) is 0 Å². The fraction of sp³-hybridized carbons (Fsp3) is 1.00. The minimum absolute atomic E-state index is 0.472. The lowest BCUT2D eigenvalue weighted by atomic mass is 9.85. The molecule has 126 valence electrons. The second kappa shape index (κ2) is 7.94. The van der Waals surface area contributed by atoms with Crippen LogP contribution in [0.25, 0.3) is 0 Å². The largest absolute Gasteiger partial charge is 0.381 e. The standard InChI is InChI=1S/C7H14O.C6H12O.C5H10O/c1-7(2)3-5-8-6-4-7;1-6(2)3-4-7-5-6;1-5(2)3-6-4-5/h3-6H2,1-2H3;3-5H2,1-2H3;3-4H2,1-2H3. The molecule has 3 fully saturated rings. The minimum atomic E-state index is 0.472. The Morgan fingerprint density at radius 2 is 0.905 bits per heavy atom. The van der Waals surface area contributed by atoms with Gasteiger partial charge in [0.2, 0.25) is 0 Å². The van der Waals surface area contributed by atoms with E-state index in [1.807, 2.05) is 0 Å². The van der Waals surface area contributed by atoms with Crippen molar-refractivity contribution in [3.05, 3.63) is 0 Å². The molecule has 3 aliphatic rings. The number of hydrogen-bond donors (Lipinski definition) is 0. The van der Waals surface area contributed by atoms with Gasteiger partial charge in [-0.05, 0) is 30.1 Å². The molecule has 3 heteroatoms. The lowest BCUT2D eigenvalue weighted by Gasteiger charge is -2.33. The highest BCUT2D eigenvalue weighted by molar-refractivity contribution is 4.74. The topological polar surface area (TPSA) is 27.7 Å². The molecule has 0 amide bonds. The summed E-state index contributed by atoms with van der Waals surface area (Å²) in [5, 5.41) is 0. The summed E-state index contributed by atoms with van der Waals surface area (Å²) >= 11 is 0. The normalized spacial score (nSPS) is 28.3. The highest BCUT2D eigenvalue weighted by atomic mass is 16.5. The van der Waals surface area contributed by atoms with E-state index in [0.717, 1.165) is 39.6 Å². The summed E-state index contributed by atoms with van der Waals surface area (Å²) in [6.07, 6.45) is 3.69. The quantitative estimate of drug-likeness (QED) is 0.667. The lowest BCUT2D eigenvalue weighted by molar-refractivity contribution is -0.0892. The summed E-state index contributed by atoms with van der Waals surface area (Å²) < 4.78 is 15.3. The van der Waals surface area contributed by atoms with Crippen molar-refractivity contribution in [1.29, 1.82) is 0 Å². The molecule has 0 aromatic carbocycles. The lowest BCUT2D eigenvalue weighted by Crippen LogP contribution is -2.36. The van der Waals surface area contributed by atoms with Crippen LogP contribution >= 0.6 is 0 Å². The predicted octanol–water partition coefficient (Wildman–Crippen LogP) is 4.30. The first kappa shape index (κ1) is 18.9. The Morgan fingerprint density at radius 1 is 0.476 bits per heavy atom. The summed E-state index contributed by atoms with van der Waals surface area (Å²) in [5.74, 6) is 0. The summed E-state index contributed by atoms with van der Waals surface area (Å²) in [6, 6.07) is 0. The maximum absolute atomic E-state index is 5.21. The van der Waals surface area contributed by atoms with Crippen LogP contribution in [-0.4, -0.2) is 39.6 Å². The van der Waals surface area contributed by atoms with Crippen molar-refractivity contribution < 1.29 is 14.2 Å². The van der Waals surface area contributed by atoms with Gasteiger partial charge in [-0.2, -0.15) is 0 Å². The second-order valence-electron chi connectivity index (χ2n) is 8.90. The van der Waals surface area contributed by atoms with Gasteiger partial charge >= 0.3 is 0 Å². The Kier molecular flexibility index (Phi) is 7.15. The average Bonchev–Trinajstić information content (AvgIpc) is 2.73. The summed E-state index contributed by atoms with van der Waals surface area (Å²) in [4.78, 5) is 0. The molecule has 21 heavy (non-hydrogen) atoms. The zero-order chi connectivity index (χ0) is 16.0. The Balaban J connectivity index is 0.000000159. The third-order valence-electron chi connectivity index (χ3n) is 4.25. The van der Waals surface area contributed by atoms with E-state index in [4.69, 9.17) is 14.2 Å². The first-order chi connectivity index (χ1) is 9.62. The van der Waals surface area contributed by atoms with Crippen molar-refractivity contribution >= 4 is 0 Å². The number of rotatable bonds is 0. The molecule has 0 atom stereocenters. The van der Waals surface area contributed by atoms with Crippen LogP contribution in [0.15, 0.2) is 0 Å². The van der Waals surface area contributed by atoms with Crippen LogP contribution in [0, 0.1) is 16.2 Å². The van der Waals surface area contributed by atoms with E-state index in [1.165, 1.54) is 19.3 Å². The Morgan fingerprint density at radius 3 is 1.05 bits per heavy atom. The first-order valence-corrected chi connectivity index (χ1v) is 8.35. The maximum Gasteiger partial charge on any atom is 0.0539 e. The number of ether oxygens (including phenoxy) is 3. The zero-order valence-corrected chi connectivity index (χ0v) is 15.1. The van der Waals surface area contributed by atoms with Gasteiger partial charge in [0.25, 0.3) is 0 Å². The Bertz CT molecular complexity index is 273. The Labute approximate surface area is 131 Å². The molecule has 3 nitrogen and oxygen atoms in total. The molecule has 0 N–H and O–H groups in total. The van der Waals surface area contributed by atoms with E-state index in [1.54, 1.807) is 0 Å². The molecule has 0 unspecified atom stereocenters. The van der Waals surface area contributed by atoms with Crippen LogP contribution < -0.4 is 0 Å². The molecule has 3 saturated heterocycles. The van der Waals surface area contributed by atoms with Gasteiger partial charge in [-0.3, -0.25) is 0 Å². The van der Waals surface area contributed by atoms with Crippen molar-refractivity contribution in [1.82, 2.24) is 0 Å². The van der Waals surface area contributed by atoms with Crippen molar-refractivity contribution in [2.45, 2.75) is 60.8 Å². The van der Waals surface area contributed by atoms with E-state index in [2.05, 4.69) is 41.5 Å². The van der Waals surface area contributed by atoms with Crippen molar-refractivity contribution in [2.24, 2.45) is 16.2 Å². The molecule has 3 heterocycles. The van der Waals surface area contributed by atoms with E-state index >= 15 is 0 Å². The molecular weight excluding hydrogens is 264 g/mol. The van der Waals surface area contributed by atoms with Crippen LogP contribution in [0.2, 0.25) is 0 Å². The molecule has 0 aromatic heterocycles. The van der Waals surface area contributed by atoms with E-state index < -0.39 is 0 Å². The van der Waals surface area contributed by atoms with Crippen molar-refractivity contribution in [2.75, 3.05) is 39.6 Å². The van der Waals surface area contributed by atoms with Crippen molar-refractivity contribution in [3.8, 4) is 0 Å². The highest BCUT2D eigenvalue weighted by Gasteiger charge is 2.26. The smallest absolute Gasteiger partial charge is 0.0539 e. The second-order valence-corrected chi connectivity index (χ2v) is 8.90.